The molecule has 1 nitrogen and oxygen atoms in total. The molecule has 1 aromatic rings. The van der Waals surface area contributed by atoms with Crippen LogP contribution < -0.4 is 5.73 Å². The molecule has 1 fully saturated rings. The zero-order valence-electron chi connectivity index (χ0n) is 9.06. The van der Waals surface area contributed by atoms with Gasteiger partial charge in [-0.1, -0.05) is 43.2 Å². The molecule has 1 saturated carbocycles. The first kappa shape index (κ1) is 12.5. The Bertz CT molecular complexity index is 273. The Morgan fingerprint density at radius 1 is 1.07 bits per heavy atom. The first-order valence-electron chi connectivity index (χ1n) is 5.66. The molecule has 0 heterocycles. The van der Waals surface area contributed by atoms with Crippen molar-refractivity contribution in [3.05, 3.63) is 35.9 Å². The molecular formula is C13H20ClN. The average Bonchev–Trinajstić information content (AvgIpc) is 2.23. The summed E-state index contributed by atoms with van der Waals surface area (Å²) in [6.07, 6.45) is 6.40. The number of hydrogen-bond acceptors (Lipinski definition) is 1. The molecule has 2 heteroatoms. The van der Waals surface area contributed by atoms with Crippen LogP contribution in [0.5, 0.6) is 0 Å². The Morgan fingerprint density at radius 2 is 1.73 bits per heavy atom. The second-order valence-corrected chi connectivity index (χ2v) is 4.40. The van der Waals surface area contributed by atoms with Gasteiger partial charge in [0.2, 0.25) is 0 Å². The number of rotatable bonds is 2. The molecule has 0 aromatic heterocycles. The summed E-state index contributed by atoms with van der Waals surface area (Å²) in [7, 11) is 0. The zero-order chi connectivity index (χ0) is 9.80. The van der Waals surface area contributed by atoms with Crippen LogP contribution >= 0.6 is 12.4 Å². The normalized spacial score (nSPS) is 25.7. The summed E-state index contributed by atoms with van der Waals surface area (Å²) >= 11 is 0. The van der Waals surface area contributed by atoms with Crippen molar-refractivity contribution in [3.63, 3.8) is 0 Å². The van der Waals surface area contributed by atoms with E-state index in [1.165, 1.54) is 37.7 Å². The smallest absolute Gasteiger partial charge is 0.00703 e. The Hall–Kier alpha value is -0.530. The molecule has 1 aromatic carbocycles. The maximum atomic E-state index is 6.13. The topological polar surface area (TPSA) is 26.0 Å². The molecule has 15 heavy (non-hydrogen) atoms. The molecule has 2 unspecified atom stereocenters. The van der Waals surface area contributed by atoms with Crippen LogP contribution in [0, 0.1) is 5.92 Å². The fourth-order valence-electron chi connectivity index (χ4n) is 2.41. The highest BCUT2D eigenvalue weighted by molar-refractivity contribution is 5.85. The van der Waals surface area contributed by atoms with Crippen molar-refractivity contribution in [1.29, 1.82) is 0 Å². The number of benzene rings is 1. The lowest BCUT2D eigenvalue weighted by molar-refractivity contribution is 0.306. The van der Waals surface area contributed by atoms with Gasteiger partial charge in [-0.25, -0.2) is 0 Å². The lowest BCUT2D eigenvalue weighted by Crippen LogP contribution is -2.34. The fourth-order valence-corrected chi connectivity index (χ4v) is 2.41. The van der Waals surface area contributed by atoms with E-state index in [2.05, 4.69) is 30.3 Å². The lowest BCUT2D eigenvalue weighted by atomic mass is 9.81. The van der Waals surface area contributed by atoms with E-state index in [0.717, 1.165) is 0 Å². The fraction of sp³-hybridized carbons (Fsp3) is 0.538. The largest absolute Gasteiger partial charge is 0.327 e. The highest BCUT2D eigenvalue weighted by atomic mass is 35.5. The monoisotopic (exact) mass is 225 g/mol. The van der Waals surface area contributed by atoms with Gasteiger partial charge in [-0.2, -0.15) is 0 Å². The Kier molecular flexibility index (Phi) is 5.13. The van der Waals surface area contributed by atoms with Crippen molar-refractivity contribution in [2.24, 2.45) is 11.7 Å². The summed E-state index contributed by atoms with van der Waals surface area (Å²) in [4.78, 5) is 0. The SMILES string of the molecule is Cl.NC1CCCCC1Cc1ccccc1. The van der Waals surface area contributed by atoms with Crippen molar-refractivity contribution in [2.45, 2.75) is 38.1 Å². The zero-order valence-corrected chi connectivity index (χ0v) is 9.88. The van der Waals surface area contributed by atoms with Gasteiger partial charge < -0.3 is 5.73 Å². The summed E-state index contributed by atoms with van der Waals surface area (Å²) in [6.45, 7) is 0. The summed E-state index contributed by atoms with van der Waals surface area (Å²) in [5.74, 6) is 0.714. The molecule has 0 amide bonds. The Balaban J connectivity index is 0.00000112. The molecule has 1 aliphatic rings. The van der Waals surface area contributed by atoms with Crippen molar-refractivity contribution < 1.29 is 0 Å². The van der Waals surface area contributed by atoms with Crippen LogP contribution in [0.25, 0.3) is 0 Å². The summed E-state index contributed by atoms with van der Waals surface area (Å²) in [6, 6.07) is 11.2. The van der Waals surface area contributed by atoms with Crippen LogP contribution in [-0.2, 0) is 6.42 Å². The van der Waals surface area contributed by atoms with Gasteiger partial charge in [0.15, 0.2) is 0 Å². The number of halogens is 1. The maximum Gasteiger partial charge on any atom is 0.00703 e. The molecule has 2 atom stereocenters. The first-order chi connectivity index (χ1) is 6.86. The predicted octanol–water partition coefficient (Wildman–Crippen LogP) is 3.17. The van der Waals surface area contributed by atoms with E-state index in [0.29, 0.717) is 12.0 Å². The maximum absolute atomic E-state index is 6.13. The van der Waals surface area contributed by atoms with Gasteiger partial charge in [0.25, 0.3) is 0 Å². The van der Waals surface area contributed by atoms with Crippen LogP contribution in [-0.4, -0.2) is 6.04 Å². The van der Waals surface area contributed by atoms with Crippen molar-refractivity contribution in [2.75, 3.05) is 0 Å². The van der Waals surface area contributed by atoms with Crippen LogP contribution in [0.15, 0.2) is 30.3 Å². The third kappa shape index (κ3) is 3.51. The van der Waals surface area contributed by atoms with Crippen LogP contribution in [0.3, 0.4) is 0 Å². The molecular weight excluding hydrogens is 206 g/mol. The standard InChI is InChI=1S/C13H19N.ClH/c14-13-9-5-4-8-12(13)10-11-6-2-1-3-7-11;/h1-3,6-7,12-13H,4-5,8-10,14H2;1H. The highest BCUT2D eigenvalue weighted by Gasteiger charge is 2.21. The molecule has 0 bridgehead atoms. The molecule has 0 radical (unpaired) electrons. The average molecular weight is 226 g/mol. The van der Waals surface area contributed by atoms with E-state index in [1.807, 2.05) is 0 Å². The quantitative estimate of drug-likeness (QED) is 0.822. The molecule has 2 N–H and O–H groups in total. The van der Waals surface area contributed by atoms with Gasteiger partial charge in [-0.05, 0) is 30.7 Å². The third-order valence-corrected chi connectivity index (χ3v) is 3.31. The molecule has 0 spiro atoms. The first-order valence-corrected chi connectivity index (χ1v) is 5.66. The van der Waals surface area contributed by atoms with E-state index >= 15 is 0 Å². The molecule has 84 valence electrons. The van der Waals surface area contributed by atoms with Gasteiger partial charge in [0.05, 0.1) is 0 Å². The van der Waals surface area contributed by atoms with Gasteiger partial charge in [0.1, 0.15) is 0 Å². The van der Waals surface area contributed by atoms with E-state index in [1.54, 1.807) is 0 Å². The van der Waals surface area contributed by atoms with Crippen LogP contribution in [0.2, 0.25) is 0 Å². The van der Waals surface area contributed by atoms with E-state index in [-0.39, 0.29) is 12.4 Å². The lowest BCUT2D eigenvalue weighted by Gasteiger charge is -2.28. The molecule has 0 saturated heterocycles. The van der Waals surface area contributed by atoms with Gasteiger partial charge in [-0.3, -0.25) is 0 Å². The third-order valence-electron chi connectivity index (χ3n) is 3.31. The molecule has 2 rings (SSSR count). The van der Waals surface area contributed by atoms with Gasteiger partial charge in [-0.15, -0.1) is 12.4 Å². The van der Waals surface area contributed by atoms with E-state index in [9.17, 15) is 0 Å². The summed E-state index contributed by atoms with van der Waals surface area (Å²) in [5.41, 5.74) is 7.57. The molecule has 0 aliphatic heterocycles. The minimum Gasteiger partial charge on any atom is -0.327 e. The van der Waals surface area contributed by atoms with Crippen molar-refractivity contribution >= 4 is 12.4 Å². The van der Waals surface area contributed by atoms with Gasteiger partial charge in [0, 0.05) is 6.04 Å². The Labute approximate surface area is 98.5 Å². The summed E-state index contributed by atoms with van der Waals surface area (Å²) < 4.78 is 0. The highest BCUT2D eigenvalue weighted by Crippen LogP contribution is 2.25. The number of nitrogens with two attached hydrogens (primary N) is 1. The second-order valence-electron chi connectivity index (χ2n) is 4.40. The van der Waals surface area contributed by atoms with Crippen molar-refractivity contribution in [3.8, 4) is 0 Å². The van der Waals surface area contributed by atoms with E-state index < -0.39 is 0 Å². The molecule has 1 aliphatic carbocycles. The minimum atomic E-state index is 0. The predicted molar refractivity (Wildman–Crippen MR) is 67.3 cm³/mol. The van der Waals surface area contributed by atoms with Crippen LogP contribution in [0.4, 0.5) is 0 Å². The second kappa shape index (κ2) is 6.14. The van der Waals surface area contributed by atoms with E-state index in [4.69, 9.17) is 5.73 Å². The summed E-state index contributed by atoms with van der Waals surface area (Å²) in [5, 5.41) is 0. The Morgan fingerprint density at radius 3 is 2.40 bits per heavy atom. The number of hydrogen-bond donors (Lipinski definition) is 1. The van der Waals surface area contributed by atoms with Gasteiger partial charge >= 0.3 is 0 Å². The van der Waals surface area contributed by atoms with Crippen LogP contribution in [0.1, 0.15) is 31.2 Å². The minimum absolute atomic E-state index is 0. The van der Waals surface area contributed by atoms with Crippen molar-refractivity contribution in [1.82, 2.24) is 0 Å².